The van der Waals surface area contributed by atoms with Gasteiger partial charge in [-0.25, -0.2) is 17.2 Å². The summed E-state index contributed by atoms with van der Waals surface area (Å²) >= 11 is 1.07. The van der Waals surface area contributed by atoms with E-state index >= 15 is 0 Å². The Morgan fingerprint density at radius 2 is 1.67 bits per heavy atom. The first kappa shape index (κ1) is 42.0. The van der Waals surface area contributed by atoms with Gasteiger partial charge >= 0.3 is 0 Å². The van der Waals surface area contributed by atoms with Gasteiger partial charge in [-0.05, 0) is 55.0 Å². The lowest BCUT2D eigenvalue weighted by Crippen LogP contribution is -2.58. The summed E-state index contributed by atoms with van der Waals surface area (Å²) in [6.45, 7) is 8.04. The van der Waals surface area contributed by atoms with Crippen LogP contribution in [-0.2, 0) is 30.6 Å². The zero-order chi connectivity index (χ0) is 36.6. The molecule has 0 aliphatic carbocycles. The summed E-state index contributed by atoms with van der Waals surface area (Å²) in [5.74, 6) is -4.38. The van der Waals surface area contributed by atoms with Crippen molar-refractivity contribution >= 4 is 39.3 Å². The van der Waals surface area contributed by atoms with E-state index in [0.717, 1.165) is 23.9 Å². The second kappa shape index (κ2) is 21.2. The van der Waals surface area contributed by atoms with Crippen molar-refractivity contribution in [1.29, 1.82) is 0 Å². The molecular formula is C34H50F2N4O7S2. The maximum Gasteiger partial charge on any atom is 0.253 e. The summed E-state index contributed by atoms with van der Waals surface area (Å²) in [7, 11) is -2.46. The number of pyridine rings is 1. The van der Waals surface area contributed by atoms with Crippen LogP contribution in [0.15, 0.2) is 42.7 Å². The van der Waals surface area contributed by atoms with Gasteiger partial charge in [0, 0.05) is 37.9 Å². The topological polar surface area (TPSA) is 164 Å². The van der Waals surface area contributed by atoms with Gasteiger partial charge in [0.1, 0.15) is 22.9 Å². The smallest absolute Gasteiger partial charge is 0.253 e. The SMILES string of the molecule is CCCC(CCC)S(=O)(=O)CC(NC(=O)c1cccnc1)C(=O)NC(Cc1cc(F)cc(F)c1)C(O)C(SCCOC)C(=O)NCC(C)C. The highest BCUT2D eigenvalue weighted by atomic mass is 32.2. The number of aliphatic hydroxyl groups is 1. The molecule has 0 fully saturated rings. The molecule has 0 spiro atoms. The van der Waals surface area contributed by atoms with Crippen LogP contribution in [0.5, 0.6) is 0 Å². The Bertz CT molecular complexity index is 1430. The third kappa shape index (κ3) is 14.3. The number of aliphatic hydroxyl groups excluding tert-OH is 1. The monoisotopic (exact) mass is 728 g/mol. The van der Waals surface area contributed by atoms with E-state index in [4.69, 9.17) is 4.74 Å². The summed E-state index contributed by atoms with van der Waals surface area (Å²) in [4.78, 5) is 44.5. The molecule has 4 atom stereocenters. The lowest BCUT2D eigenvalue weighted by atomic mass is 9.97. The van der Waals surface area contributed by atoms with Crippen LogP contribution in [0.1, 0.15) is 69.3 Å². The van der Waals surface area contributed by atoms with Gasteiger partial charge in [-0.15, -0.1) is 11.8 Å². The minimum absolute atomic E-state index is 0.0691. The Hall–Kier alpha value is -3.14. The number of benzene rings is 1. The summed E-state index contributed by atoms with van der Waals surface area (Å²) in [5.41, 5.74) is 0.152. The number of aromatic nitrogens is 1. The molecule has 4 N–H and O–H groups in total. The molecule has 49 heavy (non-hydrogen) atoms. The van der Waals surface area contributed by atoms with Crippen molar-refractivity contribution < 1.29 is 41.4 Å². The molecule has 274 valence electrons. The van der Waals surface area contributed by atoms with Crippen LogP contribution < -0.4 is 16.0 Å². The minimum Gasteiger partial charge on any atom is -0.389 e. The molecule has 0 aliphatic rings. The quantitative estimate of drug-likeness (QED) is 0.133. The van der Waals surface area contributed by atoms with Gasteiger partial charge in [0.25, 0.3) is 5.91 Å². The molecule has 1 aromatic heterocycles. The Morgan fingerprint density at radius 3 is 2.22 bits per heavy atom. The van der Waals surface area contributed by atoms with Crippen LogP contribution in [-0.4, -0.2) is 96.7 Å². The van der Waals surface area contributed by atoms with Crippen LogP contribution in [0.2, 0.25) is 0 Å². The minimum atomic E-state index is -3.94. The number of methoxy groups -OCH3 is 1. The molecule has 4 unspecified atom stereocenters. The average molecular weight is 729 g/mol. The molecule has 15 heteroatoms. The number of nitrogens with one attached hydrogen (secondary N) is 3. The molecule has 0 saturated carbocycles. The van der Waals surface area contributed by atoms with E-state index < -0.39 is 73.6 Å². The first-order valence-electron chi connectivity index (χ1n) is 16.5. The van der Waals surface area contributed by atoms with Crippen molar-refractivity contribution in [3.8, 4) is 0 Å². The van der Waals surface area contributed by atoms with Crippen molar-refractivity contribution in [3.63, 3.8) is 0 Å². The van der Waals surface area contributed by atoms with Crippen molar-refractivity contribution in [2.75, 3.05) is 31.8 Å². The third-order valence-corrected chi connectivity index (χ3v) is 11.2. The Kier molecular flexibility index (Phi) is 18.2. The number of thioether (sulfide) groups is 1. The normalized spacial score (nSPS) is 14.2. The summed E-state index contributed by atoms with van der Waals surface area (Å²) in [6, 6.07) is 2.73. The predicted octanol–water partition coefficient (Wildman–Crippen LogP) is 3.45. The Balaban J connectivity index is 2.56. The number of sulfone groups is 1. The maximum absolute atomic E-state index is 14.2. The molecule has 0 bridgehead atoms. The molecule has 1 heterocycles. The van der Waals surface area contributed by atoms with Crippen molar-refractivity contribution in [2.45, 2.75) is 88.5 Å². The van der Waals surface area contributed by atoms with Crippen molar-refractivity contribution in [3.05, 3.63) is 65.5 Å². The number of carbonyl (C=O) groups excluding carboxylic acids is 3. The van der Waals surface area contributed by atoms with Crippen LogP contribution in [0.4, 0.5) is 8.78 Å². The number of hydrogen-bond acceptors (Lipinski definition) is 9. The standard InChI is InChI=1S/C34H50F2N4O7S2/c1-6-9-27(10-7-2)49(45,46)21-29(40-32(42)24-11-8-12-37-20-24)33(43)39-28(17-23-15-25(35)18-26(36)16-23)30(41)31(48-14-13-47-5)34(44)38-19-22(3)4/h8,11-12,15-16,18,20,22,27-31,41H,6-7,9-10,13-14,17,19,21H2,1-5H3,(H,38,44)(H,39,43)(H,40,42). The molecular weight excluding hydrogens is 679 g/mol. The van der Waals surface area contributed by atoms with Gasteiger partial charge in [-0.3, -0.25) is 19.4 Å². The molecule has 2 aromatic rings. The van der Waals surface area contributed by atoms with Gasteiger partial charge in [0.05, 0.1) is 35.3 Å². The summed E-state index contributed by atoms with van der Waals surface area (Å²) in [6.07, 6.45) is 2.65. The molecule has 3 amide bonds. The highest BCUT2D eigenvalue weighted by molar-refractivity contribution is 8.00. The second-order valence-electron chi connectivity index (χ2n) is 12.3. The number of halogens is 2. The van der Waals surface area contributed by atoms with E-state index in [-0.39, 0.29) is 30.1 Å². The molecule has 2 rings (SSSR count). The fraction of sp³-hybridized carbons (Fsp3) is 0.588. The van der Waals surface area contributed by atoms with Crippen LogP contribution in [0.3, 0.4) is 0 Å². The summed E-state index contributed by atoms with van der Waals surface area (Å²) in [5, 5.41) is 17.7. The zero-order valence-electron chi connectivity index (χ0n) is 28.8. The molecule has 0 saturated heterocycles. The van der Waals surface area contributed by atoms with Gasteiger partial charge in [0.2, 0.25) is 11.8 Å². The molecule has 0 radical (unpaired) electrons. The van der Waals surface area contributed by atoms with E-state index in [1.807, 2.05) is 27.7 Å². The van der Waals surface area contributed by atoms with Crippen LogP contribution >= 0.6 is 11.8 Å². The molecule has 11 nitrogen and oxygen atoms in total. The fourth-order valence-corrected chi connectivity index (χ4v) is 8.46. The number of carbonyl (C=O) groups is 3. The number of amides is 3. The number of rotatable bonds is 22. The van der Waals surface area contributed by atoms with E-state index in [1.165, 1.54) is 31.6 Å². The van der Waals surface area contributed by atoms with Crippen molar-refractivity contribution in [2.24, 2.45) is 5.92 Å². The predicted molar refractivity (Wildman–Crippen MR) is 187 cm³/mol. The lowest BCUT2D eigenvalue weighted by Gasteiger charge is -2.31. The fourth-order valence-electron chi connectivity index (χ4n) is 5.16. The second-order valence-corrected chi connectivity index (χ2v) is 15.9. The highest BCUT2D eigenvalue weighted by Gasteiger charge is 2.38. The van der Waals surface area contributed by atoms with Gasteiger partial charge in [-0.1, -0.05) is 40.5 Å². The van der Waals surface area contributed by atoms with Crippen LogP contribution in [0.25, 0.3) is 0 Å². The maximum atomic E-state index is 14.2. The average Bonchev–Trinajstić information content (AvgIpc) is 3.04. The van der Waals surface area contributed by atoms with E-state index in [1.54, 1.807) is 0 Å². The van der Waals surface area contributed by atoms with E-state index in [9.17, 15) is 36.7 Å². The van der Waals surface area contributed by atoms with Crippen molar-refractivity contribution in [1.82, 2.24) is 20.9 Å². The number of hydrogen-bond donors (Lipinski definition) is 4. The van der Waals surface area contributed by atoms with Gasteiger partial charge in [-0.2, -0.15) is 0 Å². The zero-order valence-corrected chi connectivity index (χ0v) is 30.4. The number of ether oxygens (including phenoxy) is 1. The van der Waals surface area contributed by atoms with E-state index in [0.29, 0.717) is 44.0 Å². The summed E-state index contributed by atoms with van der Waals surface area (Å²) < 4.78 is 60.9. The molecule has 0 aliphatic heterocycles. The lowest BCUT2D eigenvalue weighted by molar-refractivity contribution is -0.126. The highest BCUT2D eigenvalue weighted by Crippen LogP contribution is 2.22. The van der Waals surface area contributed by atoms with Gasteiger partial charge in [0.15, 0.2) is 9.84 Å². The first-order valence-corrected chi connectivity index (χ1v) is 19.2. The Labute approximate surface area is 292 Å². The van der Waals surface area contributed by atoms with E-state index in [2.05, 4.69) is 20.9 Å². The molecule has 1 aromatic carbocycles. The number of nitrogens with zero attached hydrogens (tertiary/aromatic N) is 1. The first-order chi connectivity index (χ1) is 23.2. The van der Waals surface area contributed by atoms with Crippen LogP contribution in [0, 0.1) is 17.6 Å². The largest absolute Gasteiger partial charge is 0.389 e. The Morgan fingerprint density at radius 1 is 1.02 bits per heavy atom. The third-order valence-electron chi connectivity index (χ3n) is 7.63. The van der Waals surface area contributed by atoms with Gasteiger partial charge < -0.3 is 25.8 Å².